The van der Waals surface area contributed by atoms with E-state index in [1.54, 1.807) is 17.3 Å². The summed E-state index contributed by atoms with van der Waals surface area (Å²) >= 11 is 6.21. The first-order chi connectivity index (χ1) is 15.8. The van der Waals surface area contributed by atoms with Crippen LogP contribution in [0.5, 0.6) is 5.75 Å². The zero-order chi connectivity index (χ0) is 23.4. The minimum absolute atomic E-state index is 0.241. The standard InChI is InChI=1S/C25H29ClN4O3/c1-25(2,3)33-24(31)29-10-8-21(9-11-29)30-16-20(14-28-30)19-12-22(15-27-13-19)32-17-18-6-4-5-7-23(18)26/h4-7,12-16,21H,8-11,17H2,1-3H3. The largest absolute Gasteiger partial charge is 0.487 e. The van der Waals surface area contributed by atoms with E-state index in [1.807, 2.05) is 68.2 Å². The summed E-state index contributed by atoms with van der Waals surface area (Å²) in [4.78, 5) is 18.4. The summed E-state index contributed by atoms with van der Waals surface area (Å²) < 4.78 is 13.4. The molecule has 0 aliphatic carbocycles. The van der Waals surface area contributed by atoms with Gasteiger partial charge in [-0.15, -0.1) is 0 Å². The molecule has 2 aromatic heterocycles. The molecule has 0 N–H and O–H groups in total. The fraction of sp³-hybridized carbons (Fsp3) is 0.400. The Labute approximate surface area is 199 Å². The maximum absolute atomic E-state index is 12.3. The van der Waals surface area contributed by atoms with Crippen LogP contribution in [0.2, 0.25) is 5.02 Å². The van der Waals surface area contributed by atoms with Crippen molar-refractivity contribution in [1.82, 2.24) is 19.7 Å². The Balaban J connectivity index is 1.36. The van der Waals surface area contributed by atoms with Crippen molar-refractivity contribution in [3.63, 3.8) is 0 Å². The molecule has 0 bridgehead atoms. The van der Waals surface area contributed by atoms with Crippen LogP contribution in [0.4, 0.5) is 4.79 Å². The molecule has 1 aromatic carbocycles. The average Bonchev–Trinajstić information content (AvgIpc) is 3.28. The topological polar surface area (TPSA) is 69.5 Å². The Kier molecular flexibility index (Phi) is 6.88. The van der Waals surface area contributed by atoms with Crippen molar-refractivity contribution in [3.8, 4) is 16.9 Å². The molecule has 8 heteroatoms. The molecule has 1 saturated heterocycles. The highest BCUT2D eigenvalue weighted by molar-refractivity contribution is 6.31. The maximum Gasteiger partial charge on any atom is 0.410 e. The maximum atomic E-state index is 12.3. The summed E-state index contributed by atoms with van der Waals surface area (Å²) in [7, 11) is 0. The lowest BCUT2D eigenvalue weighted by atomic mass is 10.1. The number of nitrogens with zero attached hydrogens (tertiary/aromatic N) is 4. The number of rotatable bonds is 5. The molecule has 1 amide bonds. The third kappa shape index (κ3) is 6.05. The van der Waals surface area contributed by atoms with Crippen LogP contribution in [0, 0.1) is 0 Å². The van der Waals surface area contributed by atoms with Gasteiger partial charge in [0.05, 0.1) is 18.4 Å². The van der Waals surface area contributed by atoms with E-state index >= 15 is 0 Å². The van der Waals surface area contributed by atoms with Crippen LogP contribution in [0.25, 0.3) is 11.1 Å². The Hall–Kier alpha value is -3.06. The van der Waals surface area contributed by atoms with Gasteiger partial charge in [0, 0.05) is 47.2 Å². The second-order valence-corrected chi connectivity index (χ2v) is 9.60. The van der Waals surface area contributed by atoms with Crippen molar-refractivity contribution < 1.29 is 14.3 Å². The quantitative estimate of drug-likeness (QED) is 0.476. The third-order valence-electron chi connectivity index (χ3n) is 5.49. The van der Waals surface area contributed by atoms with Crippen LogP contribution in [0.3, 0.4) is 0 Å². The molecular weight excluding hydrogens is 440 g/mol. The van der Waals surface area contributed by atoms with Crippen molar-refractivity contribution in [2.75, 3.05) is 13.1 Å². The molecule has 7 nitrogen and oxygen atoms in total. The number of carbonyl (C=O) groups is 1. The monoisotopic (exact) mass is 468 g/mol. The number of halogens is 1. The van der Waals surface area contributed by atoms with Crippen LogP contribution in [0.1, 0.15) is 45.2 Å². The normalized spacial score (nSPS) is 14.8. The number of benzene rings is 1. The van der Waals surface area contributed by atoms with E-state index in [1.165, 1.54) is 0 Å². The molecule has 0 spiro atoms. The number of ether oxygens (including phenoxy) is 2. The van der Waals surface area contributed by atoms with Gasteiger partial charge in [-0.25, -0.2) is 4.79 Å². The molecule has 4 rings (SSSR count). The van der Waals surface area contributed by atoms with Gasteiger partial charge in [0.2, 0.25) is 0 Å². The lowest BCUT2D eigenvalue weighted by Crippen LogP contribution is -2.42. The molecule has 3 heterocycles. The molecule has 3 aromatic rings. The van der Waals surface area contributed by atoms with E-state index in [4.69, 9.17) is 21.1 Å². The molecule has 33 heavy (non-hydrogen) atoms. The Morgan fingerprint density at radius 1 is 1.12 bits per heavy atom. The highest BCUT2D eigenvalue weighted by Crippen LogP contribution is 2.28. The van der Waals surface area contributed by atoms with Crippen LogP contribution in [-0.2, 0) is 11.3 Å². The number of amides is 1. The second kappa shape index (κ2) is 9.83. The van der Waals surface area contributed by atoms with E-state index in [2.05, 4.69) is 10.1 Å². The summed E-state index contributed by atoms with van der Waals surface area (Å²) in [5.74, 6) is 0.672. The molecule has 0 saturated carbocycles. The van der Waals surface area contributed by atoms with Gasteiger partial charge in [-0.3, -0.25) is 9.67 Å². The Bertz CT molecular complexity index is 1100. The SMILES string of the molecule is CC(C)(C)OC(=O)N1CCC(n2cc(-c3cncc(OCc4ccccc4Cl)c3)cn2)CC1. The first-order valence-electron chi connectivity index (χ1n) is 11.1. The van der Waals surface area contributed by atoms with Crippen molar-refractivity contribution in [2.24, 2.45) is 0 Å². The fourth-order valence-corrected chi connectivity index (χ4v) is 3.95. The van der Waals surface area contributed by atoms with E-state index in [9.17, 15) is 4.79 Å². The number of pyridine rings is 1. The number of aromatic nitrogens is 3. The van der Waals surface area contributed by atoms with Gasteiger partial charge in [-0.1, -0.05) is 29.8 Å². The number of hydrogen-bond acceptors (Lipinski definition) is 5. The second-order valence-electron chi connectivity index (χ2n) is 9.20. The van der Waals surface area contributed by atoms with Crippen molar-refractivity contribution in [3.05, 3.63) is 65.7 Å². The van der Waals surface area contributed by atoms with Gasteiger partial charge >= 0.3 is 6.09 Å². The third-order valence-corrected chi connectivity index (χ3v) is 5.86. The van der Waals surface area contributed by atoms with Gasteiger partial charge in [-0.05, 0) is 45.7 Å². The molecule has 0 atom stereocenters. The van der Waals surface area contributed by atoms with Gasteiger partial charge in [-0.2, -0.15) is 5.10 Å². The lowest BCUT2D eigenvalue weighted by molar-refractivity contribution is 0.0185. The summed E-state index contributed by atoms with van der Waals surface area (Å²) in [5.41, 5.74) is 2.35. The minimum Gasteiger partial charge on any atom is -0.487 e. The fourth-order valence-electron chi connectivity index (χ4n) is 3.76. The number of likely N-dealkylation sites (tertiary alicyclic amines) is 1. The summed E-state index contributed by atoms with van der Waals surface area (Å²) in [6, 6.07) is 9.82. The smallest absolute Gasteiger partial charge is 0.410 e. The first kappa shape index (κ1) is 23.1. The van der Waals surface area contributed by atoms with Gasteiger partial charge in [0.1, 0.15) is 18.0 Å². The van der Waals surface area contributed by atoms with Gasteiger partial charge in [0.25, 0.3) is 0 Å². The first-order valence-corrected chi connectivity index (χ1v) is 11.5. The Morgan fingerprint density at radius 2 is 1.88 bits per heavy atom. The van der Waals surface area contributed by atoms with E-state index in [0.29, 0.717) is 30.5 Å². The van der Waals surface area contributed by atoms with Gasteiger partial charge < -0.3 is 14.4 Å². The van der Waals surface area contributed by atoms with Crippen molar-refractivity contribution in [1.29, 1.82) is 0 Å². The summed E-state index contributed by atoms with van der Waals surface area (Å²) in [5, 5.41) is 5.26. The summed E-state index contributed by atoms with van der Waals surface area (Å²) in [6.45, 7) is 7.33. The van der Waals surface area contributed by atoms with Crippen LogP contribution >= 0.6 is 11.6 Å². The lowest BCUT2D eigenvalue weighted by Gasteiger charge is -2.33. The van der Waals surface area contributed by atoms with Crippen LogP contribution in [0.15, 0.2) is 55.1 Å². The van der Waals surface area contributed by atoms with Crippen molar-refractivity contribution >= 4 is 17.7 Å². The van der Waals surface area contributed by atoms with E-state index < -0.39 is 5.60 Å². The molecule has 174 valence electrons. The zero-order valence-corrected chi connectivity index (χ0v) is 20.0. The number of carbonyl (C=O) groups excluding carboxylic acids is 1. The van der Waals surface area contributed by atoms with Crippen LogP contribution < -0.4 is 4.74 Å². The molecular formula is C25H29ClN4O3. The number of hydrogen-bond donors (Lipinski definition) is 0. The van der Waals surface area contributed by atoms with Gasteiger partial charge in [0.15, 0.2) is 0 Å². The molecule has 0 unspecified atom stereocenters. The van der Waals surface area contributed by atoms with Crippen LogP contribution in [-0.4, -0.2) is 44.4 Å². The highest BCUT2D eigenvalue weighted by Gasteiger charge is 2.27. The highest BCUT2D eigenvalue weighted by atomic mass is 35.5. The molecule has 1 aliphatic heterocycles. The zero-order valence-electron chi connectivity index (χ0n) is 19.2. The molecule has 1 aliphatic rings. The van der Waals surface area contributed by atoms with Crippen molar-refractivity contribution in [2.45, 2.75) is 51.9 Å². The predicted octanol–water partition coefficient (Wildman–Crippen LogP) is 5.75. The number of piperidine rings is 1. The summed E-state index contributed by atoms with van der Waals surface area (Å²) in [6.07, 6.45) is 8.78. The minimum atomic E-state index is -0.482. The predicted molar refractivity (Wildman–Crippen MR) is 127 cm³/mol. The average molecular weight is 469 g/mol. The molecule has 0 radical (unpaired) electrons. The van der Waals surface area contributed by atoms with E-state index in [-0.39, 0.29) is 12.1 Å². The van der Waals surface area contributed by atoms with E-state index in [0.717, 1.165) is 29.5 Å². The Morgan fingerprint density at radius 3 is 2.61 bits per heavy atom. The molecule has 1 fully saturated rings.